The average molecular weight is 185 g/mol. The van der Waals surface area contributed by atoms with E-state index >= 15 is 0 Å². The summed E-state index contributed by atoms with van der Waals surface area (Å²) >= 11 is 0. The van der Waals surface area contributed by atoms with Crippen molar-refractivity contribution < 1.29 is 4.79 Å². The third-order valence-electron chi connectivity index (χ3n) is 1.80. The standard InChI is InChI=1S/C10H7N3O/c14-7-12-10-11-6-9(13-10)8-4-2-1-3-5-8/h1-6H,(H,11,13). The minimum absolute atomic E-state index is 0.277. The Labute approximate surface area is 80.3 Å². The first-order valence-electron chi connectivity index (χ1n) is 4.08. The first-order valence-corrected chi connectivity index (χ1v) is 4.08. The van der Waals surface area contributed by atoms with Crippen LogP contribution in [0, 0.1) is 0 Å². The molecule has 1 aromatic heterocycles. The Morgan fingerprint density at radius 3 is 2.79 bits per heavy atom. The highest BCUT2D eigenvalue weighted by Crippen LogP contribution is 2.18. The van der Waals surface area contributed by atoms with Gasteiger partial charge in [0.15, 0.2) is 0 Å². The zero-order valence-corrected chi connectivity index (χ0v) is 7.27. The van der Waals surface area contributed by atoms with Crippen LogP contribution in [0.5, 0.6) is 0 Å². The zero-order chi connectivity index (χ0) is 9.80. The van der Waals surface area contributed by atoms with Gasteiger partial charge in [-0.15, -0.1) is 4.99 Å². The molecule has 0 saturated heterocycles. The lowest BCUT2D eigenvalue weighted by molar-refractivity contribution is 0.565. The molecule has 0 fully saturated rings. The highest BCUT2D eigenvalue weighted by molar-refractivity contribution is 5.60. The third kappa shape index (κ3) is 1.60. The second kappa shape index (κ2) is 3.68. The van der Waals surface area contributed by atoms with E-state index in [1.54, 1.807) is 6.20 Å². The number of imidazole rings is 1. The van der Waals surface area contributed by atoms with E-state index in [9.17, 15) is 4.79 Å². The lowest BCUT2D eigenvalue weighted by Gasteiger charge is -1.93. The van der Waals surface area contributed by atoms with E-state index in [1.165, 1.54) is 6.08 Å². The first-order chi connectivity index (χ1) is 6.90. The van der Waals surface area contributed by atoms with Crippen LogP contribution in [-0.4, -0.2) is 16.0 Å². The van der Waals surface area contributed by atoms with Gasteiger partial charge >= 0.3 is 0 Å². The molecule has 2 rings (SSSR count). The van der Waals surface area contributed by atoms with E-state index in [2.05, 4.69) is 15.0 Å². The fraction of sp³-hybridized carbons (Fsp3) is 0. The number of aliphatic imine (C=N–C) groups is 1. The third-order valence-corrected chi connectivity index (χ3v) is 1.80. The normalized spacial score (nSPS) is 9.43. The van der Waals surface area contributed by atoms with Gasteiger partial charge in [-0.3, -0.25) is 0 Å². The van der Waals surface area contributed by atoms with Crippen molar-refractivity contribution in [3.63, 3.8) is 0 Å². The van der Waals surface area contributed by atoms with Crippen LogP contribution in [0.3, 0.4) is 0 Å². The molecule has 4 nitrogen and oxygen atoms in total. The average Bonchev–Trinajstić information content (AvgIpc) is 2.68. The quantitative estimate of drug-likeness (QED) is 0.575. The summed E-state index contributed by atoms with van der Waals surface area (Å²) in [4.78, 5) is 20.1. The van der Waals surface area contributed by atoms with Gasteiger partial charge in [0.2, 0.25) is 12.0 Å². The smallest absolute Gasteiger partial charge is 0.243 e. The van der Waals surface area contributed by atoms with Crippen molar-refractivity contribution in [2.45, 2.75) is 0 Å². The van der Waals surface area contributed by atoms with Gasteiger partial charge in [0.25, 0.3) is 0 Å². The fourth-order valence-electron chi connectivity index (χ4n) is 1.18. The lowest BCUT2D eigenvalue weighted by atomic mass is 10.2. The van der Waals surface area contributed by atoms with Crippen LogP contribution in [0.15, 0.2) is 41.5 Å². The Bertz CT molecular complexity index is 469. The molecule has 0 spiro atoms. The number of nitrogens with one attached hydrogen (secondary N) is 1. The number of benzene rings is 1. The fourth-order valence-corrected chi connectivity index (χ4v) is 1.18. The summed E-state index contributed by atoms with van der Waals surface area (Å²) < 4.78 is 0. The van der Waals surface area contributed by atoms with Crippen LogP contribution in [0.2, 0.25) is 0 Å². The van der Waals surface area contributed by atoms with Crippen molar-refractivity contribution in [2.24, 2.45) is 4.99 Å². The van der Waals surface area contributed by atoms with Crippen molar-refractivity contribution in [3.05, 3.63) is 36.5 Å². The molecule has 14 heavy (non-hydrogen) atoms. The van der Waals surface area contributed by atoms with E-state index < -0.39 is 0 Å². The summed E-state index contributed by atoms with van der Waals surface area (Å²) in [6, 6.07) is 9.69. The molecule has 0 aliphatic carbocycles. The predicted molar refractivity (Wildman–Crippen MR) is 51.8 cm³/mol. The zero-order valence-electron chi connectivity index (χ0n) is 7.27. The van der Waals surface area contributed by atoms with Gasteiger partial charge < -0.3 is 4.98 Å². The highest BCUT2D eigenvalue weighted by atomic mass is 16.1. The lowest BCUT2D eigenvalue weighted by Crippen LogP contribution is -1.74. The highest BCUT2D eigenvalue weighted by Gasteiger charge is 2.00. The van der Waals surface area contributed by atoms with Crippen LogP contribution < -0.4 is 0 Å². The maximum absolute atomic E-state index is 9.97. The molecule has 0 amide bonds. The van der Waals surface area contributed by atoms with Crippen LogP contribution in [0.1, 0.15) is 0 Å². The van der Waals surface area contributed by atoms with Crippen LogP contribution >= 0.6 is 0 Å². The molecule has 68 valence electrons. The number of carbonyl (C=O) groups excluding carboxylic acids is 1. The number of hydrogen-bond acceptors (Lipinski definition) is 3. The number of isocyanates is 1. The van der Waals surface area contributed by atoms with E-state index in [0.717, 1.165) is 11.3 Å². The minimum Gasteiger partial charge on any atom is -0.322 e. The Balaban J connectivity index is 2.39. The number of aromatic nitrogens is 2. The van der Waals surface area contributed by atoms with Crippen molar-refractivity contribution >= 4 is 12.0 Å². The Hall–Kier alpha value is -2.19. The van der Waals surface area contributed by atoms with Crippen LogP contribution in [-0.2, 0) is 4.79 Å². The largest absolute Gasteiger partial charge is 0.322 e. The molecular formula is C10H7N3O. The number of rotatable bonds is 2. The number of aromatic amines is 1. The summed E-state index contributed by atoms with van der Waals surface area (Å²) in [6.45, 7) is 0. The molecule has 1 N–H and O–H groups in total. The summed E-state index contributed by atoms with van der Waals surface area (Å²) in [7, 11) is 0. The molecule has 0 aliphatic heterocycles. The predicted octanol–water partition coefficient (Wildman–Crippen LogP) is 2.04. The molecular weight excluding hydrogens is 178 g/mol. The number of H-pyrrole nitrogens is 1. The molecule has 1 aromatic carbocycles. The summed E-state index contributed by atoms with van der Waals surface area (Å²) in [5, 5.41) is 0. The first kappa shape index (κ1) is 8.41. The maximum atomic E-state index is 9.97. The molecule has 1 heterocycles. The molecule has 0 unspecified atom stereocenters. The molecule has 0 atom stereocenters. The van der Waals surface area contributed by atoms with E-state index in [0.29, 0.717) is 0 Å². The van der Waals surface area contributed by atoms with Crippen molar-refractivity contribution in [1.29, 1.82) is 0 Å². The Morgan fingerprint density at radius 2 is 2.07 bits per heavy atom. The summed E-state index contributed by atoms with van der Waals surface area (Å²) in [5.74, 6) is 0.277. The SMILES string of the molecule is O=C=Nc1ncc(-c2ccccc2)[nH]1. The van der Waals surface area contributed by atoms with Crippen molar-refractivity contribution in [3.8, 4) is 11.3 Å². The summed E-state index contributed by atoms with van der Waals surface area (Å²) in [5.41, 5.74) is 1.84. The molecule has 2 aromatic rings. The molecule has 4 heteroatoms. The number of hydrogen-bond donors (Lipinski definition) is 1. The van der Waals surface area contributed by atoms with Gasteiger partial charge in [0.05, 0.1) is 11.9 Å². The molecule has 0 bridgehead atoms. The molecule has 0 saturated carbocycles. The van der Waals surface area contributed by atoms with Gasteiger partial charge in [-0.25, -0.2) is 9.78 Å². The van der Waals surface area contributed by atoms with E-state index in [-0.39, 0.29) is 5.95 Å². The summed E-state index contributed by atoms with van der Waals surface area (Å²) in [6.07, 6.45) is 3.06. The van der Waals surface area contributed by atoms with Crippen molar-refractivity contribution in [2.75, 3.05) is 0 Å². The van der Waals surface area contributed by atoms with Gasteiger partial charge in [0, 0.05) is 0 Å². The maximum Gasteiger partial charge on any atom is 0.243 e. The van der Waals surface area contributed by atoms with Crippen LogP contribution in [0.4, 0.5) is 5.95 Å². The van der Waals surface area contributed by atoms with E-state index in [4.69, 9.17) is 0 Å². The van der Waals surface area contributed by atoms with E-state index in [1.807, 2.05) is 30.3 Å². The Kier molecular flexibility index (Phi) is 2.21. The topological polar surface area (TPSA) is 58.1 Å². The van der Waals surface area contributed by atoms with Crippen LogP contribution in [0.25, 0.3) is 11.3 Å². The minimum atomic E-state index is 0.277. The number of nitrogens with zero attached hydrogens (tertiary/aromatic N) is 2. The second-order valence-corrected chi connectivity index (χ2v) is 2.69. The van der Waals surface area contributed by atoms with Crippen molar-refractivity contribution in [1.82, 2.24) is 9.97 Å². The second-order valence-electron chi connectivity index (χ2n) is 2.69. The van der Waals surface area contributed by atoms with Gasteiger partial charge in [-0.1, -0.05) is 30.3 Å². The monoisotopic (exact) mass is 185 g/mol. The molecule has 0 aliphatic rings. The van der Waals surface area contributed by atoms with Gasteiger partial charge in [-0.2, -0.15) is 0 Å². The Morgan fingerprint density at radius 1 is 1.29 bits per heavy atom. The van der Waals surface area contributed by atoms with Gasteiger partial charge in [-0.05, 0) is 5.56 Å². The molecule has 0 radical (unpaired) electrons. The van der Waals surface area contributed by atoms with Gasteiger partial charge in [0.1, 0.15) is 0 Å².